The molecule has 0 saturated heterocycles. The lowest BCUT2D eigenvalue weighted by atomic mass is 9.80. The molecule has 1 saturated carbocycles. The quantitative estimate of drug-likeness (QED) is 0.361. The van der Waals surface area contributed by atoms with Gasteiger partial charge in [0.05, 0.1) is 29.3 Å². The van der Waals surface area contributed by atoms with Crippen LogP contribution in [0.4, 0.5) is 0 Å². The van der Waals surface area contributed by atoms with E-state index < -0.39 is 5.97 Å². The lowest BCUT2D eigenvalue weighted by Crippen LogP contribution is -2.23. The smallest absolute Gasteiger partial charge is 0.337 e. The van der Waals surface area contributed by atoms with Crippen LogP contribution in [0.25, 0.3) is 0 Å². The third-order valence-electron chi connectivity index (χ3n) is 6.76. The molecule has 0 radical (unpaired) electrons. The number of aromatic carboxylic acids is 1. The fourth-order valence-electron chi connectivity index (χ4n) is 4.86. The molecule has 0 atom stereocenters. The van der Waals surface area contributed by atoms with Crippen LogP contribution in [0.3, 0.4) is 0 Å². The first-order chi connectivity index (χ1) is 16.4. The minimum atomic E-state index is -0.858. The van der Waals surface area contributed by atoms with Gasteiger partial charge in [-0.25, -0.2) is 9.59 Å². The van der Waals surface area contributed by atoms with Gasteiger partial charge in [0, 0.05) is 11.0 Å². The first-order valence-electron chi connectivity index (χ1n) is 11.6. The van der Waals surface area contributed by atoms with Crippen molar-refractivity contribution in [1.82, 2.24) is 0 Å². The fraction of sp³-hybridized carbons (Fsp3) is 0.407. The van der Waals surface area contributed by atoms with Gasteiger partial charge >= 0.3 is 11.9 Å². The van der Waals surface area contributed by atoms with Crippen LogP contribution in [0.15, 0.2) is 52.5 Å². The number of esters is 1. The Balaban J connectivity index is 0.000000162. The van der Waals surface area contributed by atoms with E-state index in [0.29, 0.717) is 17.7 Å². The Morgan fingerprint density at radius 2 is 1.85 bits per heavy atom. The summed E-state index contributed by atoms with van der Waals surface area (Å²) in [5.41, 5.74) is 3.46. The summed E-state index contributed by atoms with van der Waals surface area (Å²) in [6.07, 6.45) is 10.4. The van der Waals surface area contributed by atoms with Crippen molar-refractivity contribution < 1.29 is 28.9 Å². The number of fused-ring (bicyclic) bond motifs is 2. The molecule has 1 N–H and O–H groups in total. The maximum atomic E-state index is 11.4. The third kappa shape index (κ3) is 5.30. The van der Waals surface area contributed by atoms with Gasteiger partial charge in [-0.15, -0.1) is 0 Å². The van der Waals surface area contributed by atoms with Crippen molar-refractivity contribution in [2.75, 3.05) is 20.3 Å². The summed E-state index contributed by atoms with van der Waals surface area (Å²) in [6.45, 7) is 1.35. The molecular formula is C27H29BrO6. The van der Waals surface area contributed by atoms with Crippen LogP contribution >= 0.6 is 15.9 Å². The lowest BCUT2D eigenvalue weighted by molar-refractivity contribution is 0.0599. The van der Waals surface area contributed by atoms with E-state index in [0.717, 1.165) is 53.8 Å². The van der Waals surface area contributed by atoms with Gasteiger partial charge in [-0.3, -0.25) is 0 Å². The number of carbonyl (C=O) groups excluding carboxylic acids is 1. The number of benzene rings is 2. The highest BCUT2D eigenvalue weighted by molar-refractivity contribution is 9.10. The Morgan fingerprint density at radius 3 is 2.50 bits per heavy atom. The molecule has 0 unspecified atom stereocenters. The molecule has 3 aliphatic rings. The van der Waals surface area contributed by atoms with Crippen LogP contribution < -0.4 is 9.47 Å². The van der Waals surface area contributed by atoms with Gasteiger partial charge in [-0.1, -0.05) is 18.9 Å². The van der Waals surface area contributed by atoms with E-state index in [1.54, 1.807) is 36.4 Å². The molecule has 2 aromatic carbocycles. The van der Waals surface area contributed by atoms with E-state index in [4.69, 9.17) is 14.6 Å². The summed E-state index contributed by atoms with van der Waals surface area (Å²) in [7, 11) is 1.37. The van der Waals surface area contributed by atoms with Crippen molar-refractivity contribution in [1.29, 1.82) is 0 Å². The molecule has 5 rings (SSSR count). The predicted molar refractivity (Wildman–Crippen MR) is 132 cm³/mol. The van der Waals surface area contributed by atoms with E-state index in [-0.39, 0.29) is 11.4 Å². The minimum absolute atomic E-state index is 0.112. The monoisotopic (exact) mass is 528 g/mol. The Morgan fingerprint density at radius 1 is 1.09 bits per heavy atom. The van der Waals surface area contributed by atoms with Crippen molar-refractivity contribution in [2.45, 2.75) is 50.4 Å². The van der Waals surface area contributed by atoms with Crippen LogP contribution in [0.2, 0.25) is 0 Å². The van der Waals surface area contributed by atoms with Gasteiger partial charge in [-0.2, -0.15) is 0 Å². The predicted octanol–water partition coefficient (Wildman–Crippen LogP) is 6.31. The summed E-state index contributed by atoms with van der Waals surface area (Å²) in [6, 6.07) is 10.4. The van der Waals surface area contributed by atoms with Gasteiger partial charge in [0.15, 0.2) is 0 Å². The maximum absolute atomic E-state index is 11.4. The molecule has 2 aliphatic carbocycles. The van der Waals surface area contributed by atoms with Crippen LogP contribution in [0.1, 0.15) is 71.2 Å². The summed E-state index contributed by atoms with van der Waals surface area (Å²) in [4.78, 5) is 22.3. The molecule has 1 heterocycles. The molecule has 0 bridgehead atoms. The van der Waals surface area contributed by atoms with Gasteiger partial charge in [0.1, 0.15) is 18.1 Å². The number of carboxylic acid groups (broad SMARTS) is 1. The van der Waals surface area contributed by atoms with Crippen molar-refractivity contribution in [3.05, 3.63) is 69.2 Å². The molecule has 180 valence electrons. The van der Waals surface area contributed by atoms with Gasteiger partial charge in [0.2, 0.25) is 0 Å². The van der Waals surface area contributed by atoms with Crippen LogP contribution in [-0.2, 0) is 10.2 Å². The zero-order valence-corrected chi connectivity index (χ0v) is 20.9. The standard InChI is InChI=1S/C14H15BrO3.C13H14O3/c1-17-14(16)11-6-7-13(12(15)8-11)18-9-10-4-2-3-5-10;14-12(15)9-3-4-11-10(7-9)13(8-16-11)5-1-2-6-13/h4,6-8H,2-3,5,9H2,1H3;3-4,7H,1-2,5-6,8H2,(H,14,15). The Bertz CT molecular complexity index is 1100. The largest absolute Gasteiger partial charge is 0.492 e. The van der Waals surface area contributed by atoms with E-state index >= 15 is 0 Å². The van der Waals surface area contributed by atoms with E-state index in [1.807, 2.05) is 0 Å². The number of carbonyl (C=O) groups is 2. The average molecular weight is 529 g/mol. The van der Waals surface area contributed by atoms with Crippen molar-refractivity contribution in [3.8, 4) is 11.5 Å². The molecule has 1 aliphatic heterocycles. The highest BCUT2D eigenvalue weighted by Crippen LogP contribution is 2.49. The van der Waals surface area contributed by atoms with Crippen LogP contribution in [0, 0.1) is 0 Å². The second-order valence-corrected chi connectivity index (χ2v) is 9.83. The van der Waals surface area contributed by atoms with E-state index in [2.05, 4.69) is 26.7 Å². The molecule has 1 fully saturated rings. The van der Waals surface area contributed by atoms with Gasteiger partial charge in [0.25, 0.3) is 0 Å². The number of carboxylic acids is 1. The van der Waals surface area contributed by atoms with Crippen molar-refractivity contribution in [3.63, 3.8) is 0 Å². The molecular weight excluding hydrogens is 500 g/mol. The van der Waals surface area contributed by atoms with Crippen molar-refractivity contribution in [2.24, 2.45) is 0 Å². The summed E-state index contributed by atoms with van der Waals surface area (Å²) < 4.78 is 16.8. The number of hydrogen-bond acceptors (Lipinski definition) is 5. The zero-order valence-electron chi connectivity index (χ0n) is 19.3. The molecule has 0 aromatic heterocycles. The third-order valence-corrected chi connectivity index (χ3v) is 7.38. The molecule has 0 amide bonds. The van der Waals surface area contributed by atoms with Crippen molar-refractivity contribution >= 4 is 27.9 Å². The van der Waals surface area contributed by atoms with E-state index in [9.17, 15) is 9.59 Å². The zero-order chi connectivity index (χ0) is 24.1. The first kappa shape index (κ1) is 24.3. The lowest BCUT2D eigenvalue weighted by Gasteiger charge is -2.20. The topological polar surface area (TPSA) is 82.1 Å². The maximum Gasteiger partial charge on any atom is 0.337 e. The number of hydrogen-bond donors (Lipinski definition) is 1. The molecule has 2 aromatic rings. The molecule has 6 nitrogen and oxygen atoms in total. The minimum Gasteiger partial charge on any atom is -0.492 e. The number of allylic oxidation sites excluding steroid dienone is 1. The number of halogens is 1. The van der Waals surface area contributed by atoms with Crippen LogP contribution in [0.5, 0.6) is 11.5 Å². The number of methoxy groups -OCH3 is 1. The average Bonchev–Trinajstić information content (AvgIpc) is 3.61. The highest BCUT2D eigenvalue weighted by atomic mass is 79.9. The Kier molecular flexibility index (Phi) is 7.61. The molecule has 1 spiro atoms. The fourth-order valence-corrected chi connectivity index (χ4v) is 5.36. The van der Waals surface area contributed by atoms with Gasteiger partial charge < -0.3 is 19.3 Å². The number of ether oxygens (including phenoxy) is 3. The number of rotatable bonds is 5. The summed E-state index contributed by atoms with van der Waals surface area (Å²) >= 11 is 3.40. The van der Waals surface area contributed by atoms with Gasteiger partial charge in [-0.05, 0) is 90.0 Å². The first-order valence-corrected chi connectivity index (χ1v) is 12.4. The second-order valence-electron chi connectivity index (χ2n) is 8.97. The summed E-state index contributed by atoms with van der Waals surface area (Å²) in [5.74, 6) is 0.422. The highest BCUT2D eigenvalue weighted by Gasteiger charge is 2.43. The Hall–Kier alpha value is -2.80. The SMILES string of the molecule is COC(=O)c1ccc(OCC2=CCCC2)c(Br)c1.O=C(O)c1ccc2c(c1)C1(CCCC1)CO2. The summed E-state index contributed by atoms with van der Waals surface area (Å²) in [5, 5.41) is 9.01. The normalized spacial score (nSPS) is 17.3. The second kappa shape index (κ2) is 10.6. The Labute approximate surface area is 208 Å². The van der Waals surface area contributed by atoms with E-state index in [1.165, 1.54) is 31.9 Å². The van der Waals surface area contributed by atoms with Crippen LogP contribution in [-0.4, -0.2) is 37.4 Å². The molecule has 34 heavy (non-hydrogen) atoms. The molecule has 7 heteroatoms.